The van der Waals surface area contributed by atoms with Gasteiger partial charge in [-0.3, -0.25) is 28.9 Å². The molecule has 1 aromatic carbocycles. The molecule has 5 rings (SSSR count). The third-order valence-electron chi connectivity index (χ3n) is 9.32. The van der Waals surface area contributed by atoms with Crippen molar-refractivity contribution in [2.45, 2.75) is 63.1 Å². The van der Waals surface area contributed by atoms with E-state index < -0.39 is 64.4 Å². The number of rotatable bonds is 4. The van der Waals surface area contributed by atoms with E-state index >= 15 is 0 Å². The SMILES string of the molecule is CC1CCC(Nc2ccc(O)c3c2CC2CC4C(N(C)C)C(=O)C(C(N)=O)C(=O)C4(O)C(=O)C2C3=O)CC1. The van der Waals surface area contributed by atoms with Crippen LogP contribution < -0.4 is 11.1 Å². The van der Waals surface area contributed by atoms with E-state index in [1.807, 2.05) is 0 Å². The summed E-state index contributed by atoms with van der Waals surface area (Å²) in [4.78, 5) is 67.7. The Kier molecular flexibility index (Phi) is 6.46. The number of likely N-dealkylation sites (N-methyl/N-ethyl adjacent to an activating group) is 1. The normalized spacial score (nSPS) is 36.9. The average Bonchev–Trinajstić information content (AvgIpc) is 2.84. The Hall–Kier alpha value is -3.11. The fourth-order valence-corrected chi connectivity index (χ4v) is 7.36. The zero-order chi connectivity index (χ0) is 27.7. The van der Waals surface area contributed by atoms with E-state index in [4.69, 9.17) is 5.73 Å². The van der Waals surface area contributed by atoms with Gasteiger partial charge in [-0.05, 0) is 82.2 Å². The monoisotopic (exact) mass is 525 g/mol. The minimum Gasteiger partial charge on any atom is -0.507 e. The zero-order valence-electron chi connectivity index (χ0n) is 21.9. The lowest BCUT2D eigenvalue weighted by molar-refractivity contribution is -0.181. The summed E-state index contributed by atoms with van der Waals surface area (Å²) in [6.07, 6.45) is 4.46. The number of aliphatic hydroxyl groups is 1. The molecule has 0 radical (unpaired) electrons. The molecule has 204 valence electrons. The maximum absolute atomic E-state index is 13.9. The van der Waals surface area contributed by atoms with Crippen molar-refractivity contribution in [3.8, 4) is 5.75 Å². The number of nitrogens with two attached hydrogens (primary N) is 1. The van der Waals surface area contributed by atoms with Crippen molar-refractivity contribution >= 4 is 34.7 Å². The van der Waals surface area contributed by atoms with Crippen molar-refractivity contribution in [1.82, 2.24) is 4.90 Å². The van der Waals surface area contributed by atoms with Gasteiger partial charge >= 0.3 is 0 Å². The van der Waals surface area contributed by atoms with Gasteiger partial charge in [-0.25, -0.2) is 0 Å². The number of nitrogens with zero attached hydrogens (tertiary/aromatic N) is 1. The first-order chi connectivity index (χ1) is 17.9. The number of fused-ring (bicyclic) bond motifs is 3. The summed E-state index contributed by atoms with van der Waals surface area (Å²) in [6, 6.07) is 2.28. The number of amides is 1. The first-order valence-electron chi connectivity index (χ1n) is 13.3. The van der Waals surface area contributed by atoms with Gasteiger partial charge in [-0.2, -0.15) is 0 Å². The molecular formula is C28H35N3O7. The van der Waals surface area contributed by atoms with E-state index in [-0.39, 0.29) is 30.2 Å². The summed E-state index contributed by atoms with van der Waals surface area (Å²) >= 11 is 0. The largest absolute Gasteiger partial charge is 0.507 e. The van der Waals surface area contributed by atoms with Gasteiger partial charge in [0.2, 0.25) is 5.91 Å². The Morgan fingerprint density at radius 1 is 1.08 bits per heavy atom. The number of nitrogens with one attached hydrogen (secondary N) is 1. The molecule has 4 aliphatic carbocycles. The number of benzene rings is 1. The lowest BCUT2D eigenvalue weighted by atomic mass is 9.52. The summed E-state index contributed by atoms with van der Waals surface area (Å²) in [5.41, 5.74) is 4.00. The highest BCUT2D eigenvalue weighted by atomic mass is 16.3. The van der Waals surface area contributed by atoms with Gasteiger partial charge in [0.05, 0.1) is 17.5 Å². The molecule has 0 bridgehead atoms. The molecule has 3 saturated carbocycles. The van der Waals surface area contributed by atoms with Crippen molar-refractivity contribution < 1.29 is 34.2 Å². The first kappa shape index (κ1) is 26.5. The van der Waals surface area contributed by atoms with Gasteiger partial charge in [0.25, 0.3) is 0 Å². The molecule has 6 unspecified atom stereocenters. The molecular weight excluding hydrogens is 490 g/mol. The van der Waals surface area contributed by atoms with Gasteiger partial charge in [-0.1, -0.05) is 6.92 Å². The van der Waals surface area contributed by atoms with E-state index in [0.29, 0.717) is 11.5 Å². The van der Waals surface area contributed by atoms with Crippen LogP contribution in [-0.4, -0.2) is 75.9 Å². The molecule has 10 heteroatoms. The molecule has 1 aromatic rings. The van der Waals surface area contributed by atoms with Crippen molar-refractivity contribution in [2.24, 2.45) is 35.3 Å². The van der Waals surface area contributed by atoms with Crippen molar-refractivity contribution in [3.05, 3.63) is 23.3 Å². The summed E-state index contributed by atoms with van der Waals surface area (Å²) in [7, 11) is 3.14. The number of carbonyl (C=O) groups excluding carboxylic acids is 5. The van der Waals surface area contributed by atoms with Gasteiger partial charge < -0.3 is 21.3 Å². The van der Waals surface area contributed by atoms with Gasteiger partial charge in [0.1, 0.15) is 5.75 Å². The number of aromatic hydroxyl groups is 1. The van der Waals surface area contributed by atoms with Crippen LogP contribution in [0.5, 0.6) is 5.75 Å². The first-order valence-corrected chi connectivity index (χ1v) is 13.3. The van der Waals surface area contributed by atoms with Crippen molar-refractivity contribution in [2.75, 3.05) is 19.4 Å². The average molecular weight is 526 g/mol. The predicted octanol–water partition coefficient (Wildman–Crippen LogP) is 0.858. The second-order valence-corrected chi connectivity index (χ2v) is 11.9. The summed E-state index contributed by atoms with van der Waals surface area (Å²) in [6.45, 7) is 2.23. The Morgan fingerprint density at radius 2 is 1.74 bits per heavy atom. The maximum Gasteiger partial charge on any atom is 0.235 e. The molecule has 10 nitrogen and oxygen atoms in total. The highest BCUT2D eigenvalue weighted by molar-refractivity contribution is 6.32. The van der Waals surface area contributed by atoms with Crippen LogP contribution in [0.3, 0.4) is 0 Å². The molecule has 0 aromatic heterocycles. The van der Waals surface area contributed by atoms with Crippen LogP contribution in [0.25, 0.3) is 0 Å². The smallest absolute Gasteiger partial charge is 0.235 e. The Morgan fingerprint density at radius 3 is 2.34 bits per heavy atom. The van der Waals surface area contributed by atoms with E-state index in [1.54, 1.807) is 20.2 Å². The highest BCUT2D eigenvalue weighted by Crippen LogP contribution is 2.51. The Balaban J connectivity index is 1.55. The lowest BCUT2D eigenvalue weighted by Crippen LogP contribution is -2.74. The molecule has 0 saturated heterocycles. The van der Waals surface area contributed by atoms with Gasteiger partial charge in [0, 0.05) is 17.6 Å². The van der Waals surface area contributed by atoms with Crippen LogP contribution in [0.15, 0.2) is 12.1 Å². The second kappa shape index (κ2) is 9.27. The third kappa shape index (κ3) is 3.79. The predicted molar refractivity (Wildman–Crippen MR) is 136 cm³/mol. The molecule has 4 aliphatic rings. The Labute approximate surface area is 220 Å². The highest BCUT2D eigenvalue weighted by Gasteiger charge is 2.69. The van der Waals surface area contributed by atoms with Crippen LogP contribution in [0.1, 0.15) is 54.9 Å². The number of primary amides is 1. The van der Waals surface area contributed by atoms with Crippen LogP contribution in [-0.2, 0) is 25.6 Å². The quantitative estimate of drug-likeness (QED) is 0.329. The fraction of sp³-hybridized carbons (Fsp3) is 0.607. The maximum atomic E-state index is 13.9. The number of phenols is 1. The molecule has 1 amide bonds. The molecule has 38 heavy (non-hydrogen) atoms. The minimum atomic E-state index is -2.71. The zero-order valence-corrected chi connectivity index (χ0v) is 21.9. The number of hydrogen-bond acceptors (Lipinski definition) is 9. The molecule has 5 N–H and O–H groups in total. The number of anilines is 1. The van der Waals surface area contributed by atoms with E-state index in [9.17, 15) is 34.2 Å². The van der Waals surface area contributed by atoms with Crippen LogP contribution in [0.4, 0.5) is 5.69 Å². The molecule has 0 spiro atoms. The topological polar surface area (TPSA) is 167 Å². The van der Waals surface area contributed by atoms with E-state index in [0.717, 1.165) is 31.4 Å². The van der Waals surface area contributed by atoms with Crippen LogP contribution >= 0.6 is 0 Å². The number of phenolic OH excluding ortho intramolecular Hbond substituents is 1. The summed E-state index contributed by atoms with van der Waals surface area (Å²) in [5, 5.41) is 25.9. The van der Waals surface area contributed by atoms with Crippen molar-refractivity contribution in [1.29, 1.82) is 0 Å². The number of ketones is 4. The number of carbonyl (C=O) groups is 5. The second-order valence-electron chi connectivity index (χ2n) is 11.9. The van der Waals surface area contributed by atoms with Gasteiger partial charge in [0.15, 0.2) is 34.7 Å². The Bertz CT molecular complexity index is 1240. The molecule has 6 atom stereocenters. The lowest BCUT2D eigenvalue weighted by Gasteiger charge is -2.52. The number of Topliss-reactive ketones (excluding diaryl/α,β-unsaturated/α-hetero) is 4. The molecule has 3 fully saturated rings. The standard InChI is InChI=1S/C28H35N3O7/c1-12-4-6-14(7-5-12)30-17-8-9-18(32)20-15(17)10-13-11-16-22(31(2)3)24(34)21(27(29)37)26(36)28(16,38)25(35)19(13)23(20)33/h8-9,12-14,16,19,21-22,30,32,38H,4-7,10-11H2,1-3H3,(H2,29,37). The minimum absolute atomic E-state index is 0.0192. The van der Waals surface area contributed by atoms with Crippen molar-refractivity contribution in [3.63, 3.8) is 0 Å². The van der Waals surface area contributed by atoms with E-state index in [1.165, 1.54) is 11.0 Å². The third-order valence-corrected chi connectivity index (χ3v) is 9.32. The molecule has 0 aliphatic heterocycles. The summed E-state index contributed by atoms with van der Waals surface area (Å²) < 4.78 is 0. The molecule has 0 heterocycles. The fourth-order valence-electron chi connectivity index (χ4n) is 7.36. The summed E-state index contributed by atoms with van der Waals surface area (Å²) in [5.74, 6) is -9.60. The number of hydrogen-bond donors (Lipinski definition) is 4. The van der Waals surface area contributed by atoms with Crippen LogP contribution in [0, 0.1) is 29.6 Å². The van der Waals surface area contributed by atoms with E-state index in [2.05, 4.69) is 12.2 Å². The van der Waals surface area contributed by atoms with Crippen LogP contribution in [0.2, 0.25) is 0 Å². The van der Waals surface area contributed by atoms with Gasteiger partial charge in [-0.15, -0.1) is 0 Å².